The van der Waals surface area contributed by atoms with E-state index in [1.54, 1.807) is 0 Å². The number of aliphatic hydroxyl groups is 3. The standard InChI is InChI=1S/C23H30O7S2/c1-4-6-8-31-20-17(26)13-14(18(27)21(20)32-9-7-5-2)16(25)12-11(15(13)24)10-23(3,30)22(29)19(12)28/h19,22,24-25,28-30H,4-10H2,1-3H3/t19-,22+,23-/m0/s1. The van der Waals surface area contributed by atoms with Gasteiger partial charge in [-0.25, -0.2) is 0 Å². The van der Waals surface area contributed by atoms with Gasteiger partial charge >= 0.3 is 0 Å². The van der Waals surface area contributed by atoms with Crippen molar-refractivity contribution in [2.75, 3.05) is 11.5 Å². The number of allylic oxidation sites excluding steroid dienone is 2. The summed E-state index contributed by atoms with van der Waals surface area (Å²) in [5.74, 6) is -1.03. The first-order valence-electron chi connectivity index (χ1n) is 10.9. The third kappa shape index (κ3) is 4.21. The van der Waals surface area contributed by atoms with Crippen LogP contribution in [-0.2, 0) is 6.42 Å². The number of carbonyl (C=O) groups excluding carboxylic acids is 2. The molecule has 1 aromatic carbocycles. The van der Waals surface area contributed by atoms with Gasteiger partial charge in [-0.05, 0) is 31.3 Å². The van der Waals surface area contributed by atoms with Crippen molar-refractivity contribution in [2.45, 2.75) is 70.7 Å². The molecule has 176 valence electrons. The van der Waals surface area contributed by atoms with Crippen LogP contribution < -0.4 is 0 Å². The SMILES string of the molecule is CCCCSC1=C(SCCCC)C(=O)c2c(O)c3c(c(O)c2C1=O)C[C@](C)(O)[C@H](O)[C@H]3O. The number of unbranched alkanes of at least 4 members (excludes halogenated alkanes) is 2. The summed E-state index contributed by atoms with van der Waals surface area (Å²) in [6.45, 7) is 5.34. The average molecular weight is 483 g/mol. The van der Waals surface area contributed by atoms with Gasteiger partial charge in [0, 0.05) is 17.5 Å². The van der Waals surface area contributed by atoms with Gasteiger partial charge in [-0.15, -0.1) is 23.5 Å². The number of phenolic OH excluding ortho intramolecular Hbond substituents is 2. The summed E-state index contributed by atoms with van der Waals surface area (Å²) < 4.78 is 0. The van der Waals surface area contributed by atoms with Crippen molar-refractivity contribution in [3.8, 4) is 11.5 Å². The van der Waals surface area contributed by atoms with Gasteiger partial charge in [-0.1, -0.05) is 26.7 Å². The quantitative estimate of drug-likeness (QED) is 0.279. The Morgan fingerprint density at radius 3 is 1.84 bits per heavy atom. The van der Waals surface area contributed by atoms with Crippen molar-refractivity contribution in [3.05, 3.63) is 32.1 Å². The Bertz CT molecular complexity index is 968. The largest absolute Gasteiger partial charge is 0.507 e. The van der Waals surface area contributed by atoms with Crippen LogP contribution in [0.2, 0.25) is 0 Å². The summed E-state index contributed by atoms with van der Waals surface area (Å²) in [6.07, 6.45) is -0.127. The maximum atomic E-state index is 13.5. The molecular formula is C23H30O7S2. The minimum Gasteiger partial charge on any atom is -0.507 e. The molecule has 2 aliphatic rings. The smallest absolute Gasteiger partial charge is 0.205 e. The molecule has 0 aromatic heterocycles. The number of thioether (sulfide) groups is 2. The lowest BCUT2D eigenvalue weighted by Gasteiger charge is -2.39. The molecule has 0 fully saturated rings. The van der Waals surface area contributed by atoms with Crippen molar-refractivity contribution in [1.82, 2.24) is 0 Å². The van der Waals surface area contributed by atoms with Crippen LogP contribution in [0.4, 0.5) is 0 Å². The van der Waals surface area contributed by atoms with E-state index >= 15 is 0 Å². The minimum atomic E-state index is -1.79. The Morgan fingerprint density at radius 2 is 1.38 bits per heavy atom. The van der Waals surface area contributed by atoms with E-state index in [9.17, 15) is 35.1 Å². The fourth-order valence-corrected chi connectivity index (χ4v) is 6.57. The molecule has 0 unspecified atom stereocenters. The number of ketones is 2. The molecule has 0 bridgehead atoms. The van der Waals surface area contributed by atoms with E-state index in [1.807, 2.05) is 13.8 Å². The van der Waals surface area contributed by atoms with Gasteiger partial charge in [0.25, 0.3) is 0 Å². The van der Waals surface area contributed by atoms with E-state index in [4.69, 9.17) is 0 Å². The number of hydrogen-bond donors (Lipinski definition) is 5. The minimum absolute atomic E-state index is 0.0369. The Hall–Kier alpha value is -1.52. The Morgan fingerprint density at radius 1 is 0.906 bits per heavy atom. The third-order valence-corrected chi connectivity index (χ3v) is 8.39. The first kappa shape index (κ1) is 25.1. The molecule has 0 heterocycles. The van der Waals surface area contributed by atoms with Crippen LogP contribution in [0.5, 0.6) is 11.5 Å². The number of fused-ring (bicyclic) bond motifs is 2. The lowest BCUT2D eigenvalue weighted by molar-refractivity contribution is -0.126. The van der Waals surface area contributed by atoms with Crippen molar-refractivity contribution in [2.24, 2.45) is 0 Å². The highest BCUT2D eigenvalue weighted by molar-refractivity contribution is 8.08. The Labute approximate surface area is 195 Å². The molecule has 0 spiro atoms. The van der Waals surface area contributed by atoms with Crippen molar-refractivity contribution in [3.63, 3.8) is 0 Å². The second kappa shape index (κ2) is 9.77. The summed E-state index contributed by atoms with van der Waals surface area (Å²) in [5.41, 5.74) is -2.70. The van der Waals surface area contributed by atoms with Gasteiger partial charge in [0.05, 0.1) is 26.5 Å². The normalized spacial score (nSPS) is 25.2. The highest BCUT2D eigenvalue weighted by Crippen LogP contribution is 2.52. The zero-order chi connectivity index (χ0) is 23.8. The molecule has 1 aromatic rings. The summed E-state index contributed by atoms with van der Waals surface area (Å²) in [7, 11) is 0. The molecule has 0 aliphatic heterocycles. The number of aliphatic hydroxyl groups excluding tert-OH is 2. The van der Waals surface area contributed by atoms with E-state index < -0.39 is 40.9 Å². The summed E-state index contributed by atoms with van der Waals surface area (Å²) in [5, 5.41) is 53.3. The summed E-state index contributed by atoms with van der Waals surface area (Å²) >= 11 is 2.53. The zero-order valence-corrected chi connectivity index (χ0v) is 20.1. The molecule has 0 amide bonds. The van der Waals surface area contributed by atoms with Gasteiger partial charge in [0.15, 0.2) is 0 Å². The molecule has 0 saturated heterocycles. The fraction of sp³-hybridized carbons (Fsp3) is 0.565. The number of hydrogen-bond acceptors (Lipinski definition) is 9. The summed E-state index contributed by atoms with van der Waals surface area (Å²) in [4.78, 5) is 27.4. The van der Waals surface area contributed by atoms with Crippen LogP contribution in [-0.4, -0.2) is 60.3 Å². The van der Waals surface area contributed by atoms with Crippen molar-refractivity contribution in [1.29, 1.82) is 0 Å². The lowest BCUT2D eigenvalue weighted by Crippen LogP contribution is -2.48. The van der Waals surface area contributed by atoms with E-state index in [1.165, 1.54) is 30.4 Å². The van der Waals surface area contributed by atoms with Gasteiger partial charge in [0.2, 0.25) is 11.6 Å². The molecule has 5 N–H and O–H groups in total. The molecule has 3 atom stereocenters. The number of rotatable bonds is 8. The molecule has 7 nitrogen and oxygen atoms in total. The summed E-state index contributed by atoms with van der Waals surface area (Å²) in [6, 6.07) is 0. The van der Waals surface area contributed by atoms with Crippen LogP contribution in [0, 0.1) is 0 Å². The number of phenols is 2. The third-order valence-electron chi connectivity index (χ3n) is 5.92. The molecule has 3 rings (SSSR count). The maximum absolute atomic E-state index is 13.5. The van der Waals surface area contributed by atoms with E-state index in [2.05, 4.69) is 0 Å². The first-order valence-corrected chi connectivity index (χ1v) is 12.8. The molecule has 9 heteroatoms. The van der Waals surface area contributed by atoms with Crippen molar-refractivity contribution >= 4 is 35.1 Å². The van der Waals surface area contributed by atoms with Gasteiger partial charge in [-0.2, -0.15) is 0 Å². The predicted octanol–water partition coefficient (Wildman–Crippen LogP) is 3.46. The predicted molar refractivity (Wildman–Crippen MR) is 125 cm³/mol. The second-order valence-electron chi connectivity index (χ2n) is 8.48. The Kier molecular flexibility index (Phi) is 7.66. The second-order valence-corrected chi connectivity index (χ2v) is 10.7. The van der Waals surface area contributed by atoms with Crippen LogP contribution in [0.15, 0.2) is 9.81 Å². The maximum Gasteiger partial charge on any atom is 0.205 e. The van der Waals surface area contributed by atoms with E-state index in [0.29, 0.717) is 11.5 Å². The molecule has 0 radical (unpaired) electrons. The molecule has 2 aliphatic carbocycles. The topological polar surface area (TPSA) is 135 Å². The number of Topliss-reactive ketones (excluding diaryl/α,β-unsaturated/α-hetero) is 2. The lowest BCUT2D eigenvalue weighted by atomic mass is 9.74. The monoisotopic (exact) mass is 482 g/mol. The fourth-order valence-electron chi connectivity index (χ4n) is 4.03. The highest BCUT2D eigenvalue weighted by Gasteiger charge is 2.48. The van der Waals surface area contributed by atoms with Crippen LogP contribution in [0.1, 0.15) is 84.4 Å². The number of carbonyl (C=O) groups is 2. The number of aromatic hydroxyl groups is 2. The average Bonchev–Trinajstić information content (AvgIpc) is 2.74. The van der Waals surface area contributed by atoms with E-state index in [0.717, 1.165) is 25.7 Å². The highest BCUT2D eigenvalue weighted by atomic mass is 32.2. The number of benzene rings is 1. The van der Waals surface area contributed by atoms with Crippen LogP contribution in [0.25, 0.3) is 0 Å². The first-order chi connectivity index (χ1) is 15.1. The molecular weight excluding hydrogens is 452 g/mol. The van der Waals surface area contributed by atoms with Crippen LogP contribution in [0.3, 0.4) is 0 Å². The van der Waals surface area contributed by atoms with Gasteiger partial charge in [0.1, 0.15) is 23.7 Å². The van der Waals surface area contributed by atoms with Crippen LogP contribution >= 0.6 is 23.5 Å². The molecule has 32 heavy (non-hydrogen) atoms. The molecule has 0 saturated carbocycles. The van der Waals surface area contributed by atoms with Crippen molar-refractivity contribution < 1.29 is 35.1 Å². The van der Waals surface area contributed by atoms with E-state index in [-0.39, 0.29) is 38.5 Å². The zero-order valence-electron chi connectivity index (χ0n) is 18.5. The van der Waals surface area contributed by atoms with Gasteiger partial charge < -0.3 is 25.5 Å². The van der Waals surface area contributed by atoms with Gasteiger partial charge in [-0.3, -0.25) is 9.59 Å². The Balaban J connectivity index is 2.19.